The molecule has 0 saturated heterocycles. The van der Waals surface area contributed by atoms with Gasteiger partial charge in [0.05, 0.1) is 28.2 Å². The van der Waals surface area contributed by atoms with Crippen LogP contribution in [0.3, 0.4) is 0 Å². The highest BCUT2D eigenvalue weighted by atomic mass is 32.1. The normalized spacial score (nSPS) is 10.6. The van der Waals surface area contributed by atoms with Crippen molar-refractivity contribution in [2.75, 3.05) is 20.6 Å². The van der Waals surface area contributed by atoms with Gasteiger partial charge in [-0.2, -0.15) is 0 Å². The Hall–Kier alpha value is -2.73. The van der Waals surface area contributed by atoms with Crippen LogP contribution >= 0.6 is 11.3 Å². The van der Waals surface area contributed by atoms with Crippen LogP contribution in [0, 0.1) is 0 Å². The smallest absolute Gasteiger partial charge is 0.252 e. The molecule has 0 atom stereocenters. The molecule has 0 unspecified atom stereocenters. The lowest BCUT2D eigenvalue weighted by molar-refractivity contribution is -0.127. The molecule has 0 saturated carbocycles. The summed E-state index contributed by atoms with van der Waals surface area (Å²) in [6.45, 7) is -0.0309. The maximum absolute atomic E-state index is 12.6. The molecule has 0 spiro atoms. The number of rotatable bonds is 4. The Labute approximate surface area is 143 Å². The van der Waals surface area contributed by atoms with Crippen LogP contribution in [0.1, 0.15) is 10.4 Å². The van der Waals surface area contributed by atoms with E-state index in [0.717, 1.165) is 21.5 Å². The zero-order valence-electron chi connectivity index (χ0n) is 13.4. The van der Waals surface area contributed by atoms with E-state index >= 15 is 0 Å². The van der Waals surface area contributed by atoms with E-state index in [1.807, 2.05) is 41.8 Å². The number of hydrogen-bond acceptors (Lipinski definition) is 4. The molecule has 0 bridgehead atoms. The lowest BCUT2D eigenvalue weighted by Crippen LogP contribution is -2.36. The minimum Gasteiger partial charge on any atom is -0.347 e. The maximum atomic E-state index is 12.6. The minimum atomic E-state index is -0.276. The van der Waals surface area contributed by atoms with Crippen LogP contribution in [0.2, 0.25) is 0 Å². The Balaban J connectivity index is 1.99. The van der Waals surface area contributed by atoms with Gasteiger partial charge < -0.3 is 10.2 Å². The molecule has 1 aromatic carbocycles. The number of aromatic nitrogens is 1. The predicted molar refractivity (Wildman–Crippen MR) is 96.1 cm³/mol. The molecular weight excluding hydrogens is 322 g/mol. The Morgan fingerprint density at radius 1 is 1.17 bits per heavy atom. The van der Waals surface area contributed by atoms with Gasteiger partial charge in [0.15, 0.2) is 0 Å². The highest BCUT2D eigenvalue weighted by Gasteiger charge is 2.15. The zero-order chi connectivity index (χ0) is 17.1. The molecule has 2 aromatic heterocycles. The van der Waals surface area contributed by atoms with Crippen LogP contribution in [0.5, 0.6) is 0 Å². The van der Waals surface area contributed by atoms with Crippen LogP contribution in [-0.4, -0.2) is 42.3 Å². The molecule has 2 heterocycles. The second-order valence-electron chi connectivity index (χ2n) is 5.52. The van der Waals surface area contributed by atoms with Crippen molar-refractivity contribution >= 4 is 34.1 Å². The van der Waals surface area contributed by atoms with E-state index in [1.54, 1.807) is 31.5 Å². The van der Waals surface area contributed by atoms with Crippen molar-refractivity contribution in [3.63, 3.8) is 0 Å². The maximum Gasteiger partial charge on any atom is 0.252 e. The molecule has 0 fully saturated rings. The highest BCUT2D eigenvalue weighted by molar-refractivity contribution is 7.13. The summed E-state index contributed by atoms with van der Waals surface area (Å²) < 4.78 is 0. The number of nitrogens with one attached hydrogen (secondary N) is 1. The quantitative estimate of drug-likeness (QED) is 0.795. The first-order valence-corrected chi connectivity index (χ1v) is 8.36. The molecule has 3 aromatic rings. The van der Waals surface area contributed by atoms with E-state index in [0.29, 0.717) is 5.56 Å². The first-order valence-electron chi connectivity index (χ1n) is 7.48. The van der Waals surface area contributed by atoms with Crippen molar-refractivity contribution in [1.82, 2.24) is 15.2 Å². The Morgan fingerprint density at radius 2 is 1.96 bits per heavy atom. The van der Waals surface area contributed by atoms with Gasteiger partial charge in [0, 0.05) is 19.5 Å². The monoisotopic (exact) mass is 339 g/mol. The van der Waals surface area contributed by atoms with E-state index < -0.39 is 0 Å². The lowest BCUT2D eigenvalue weighted by Gasteiger charge is -2.12. The van der Waals surface area contributed by atoms with Crippen LogP contribution in [0.15, 0.2) is 47.8 Å². The largest absolute Gasteiger partial charge is 0.347 e. The molecule has 0 aliphatic rings. The van der Waals surface area contributed by atoms with Crippen LogP contribution in [0.4, 0.5) is 0 Å². The van der Waals surface area contributed by atoms with E-state index in [2.05, 4.69) is 10.3 Å². The number of para-hydroxylation sites is 1. The molecule has 5 nitrogen and oxygen atoms in total. The highest BCUT2D eigenvalue weighted by Crippen LogP contribution is 2.27. The molecule has 6 heteroatoms. The molecular formula is C18H17N3O2S. The van der Waals surface area contributed by atoms with E-state index in [1.165, 1.54) is 4.90 Å². The van der Waals surface area contributed by atoms with Crippen molar-refractivity contribution in [1.29, 1.82) is 0 Å². The SMILES string of the molecule is CN(C)C(=O)CNC(=O)c1cc(-c2cccs2)nc2ccccc12. The van der Waals surface area contributed by atoms with Gasteiger partial charge in [-0.1, -0.05) is 24.3 Å². The summed E-state index contributed by atoms with van der Waals surface area (Å²) in [7, 11) is 3.32. The molecule has 0 aliphatic heterocycles. The summed E-state index contributed by atoms with van der Waals surface area (Å²) in [5.41, 5.74) is 2.04. The average molecular weight is 339 g/mol. The van der Waals surface area contributed by atoms with E-state index in [4.69, 9.17) is 0 Å². The van der Waals surface area contributed by atoms with Crippen LogP contribution < -0.4 is 5.32 Å². The third-order valence-corrected chi connectivity index (χ3v) is 4.53. The van der Waals surface area contributed by atoms with Gasteiger partial charge in [-0.05, 0) is 23.6 Å². The van der Waals surface area contributed by atoms with Gasteiger partial charge in [0.25, 0.3) is 5.91 Å². The first-order chi connectivity index (χ1) is 11.6. The van der Waals surface area contributed by atoms with Crippen molar-refractivity contribution < 1.29 is 9.59 Å². The van der Waals surface area contributed by atoms with Gasteiger partial charge in [-0.3, -0.25) is 9.59 Å². The number of benzene rings is 1. The van der Waals surface area contributed by atoms with Crippen molar-refractivity contribution in [3.05, 3.63) is 53.4 Å². The number of pyridine rings is 1. The fourth-order valence-corrected chi connectivity index (χ4v) is 3.01. The standard InChI is InChI=1S/C18H17N3O2S/c1-21(2)17(22)11-19-18(23)13-10-15(16-8-5-9-24-16)20-14-7-4-3-6-12(13)14/h3-10H,11H2,1-2H3,(H,19,23). The lowest BCUT2D eigenvalue weighted by atomic mass is 10.1. The van der Waals surface area contributed by atoms with Crippen LogP contribution in [0.25, 0.3) is 21.5 Å². The summed E-state index contributed by atoms with van der Waals surface area (Å²) in [5, 5.41) is 5.44. The second-order valence-corrected chi connectivity index (χ2v) is 6.47. The molecule has 24 heavy (non-hydrogen) atoms. The summed E-state index contributed by atoms with van der Waals surface area (Å²) in [4.78, 5) is 31.4. The molecule has 1 N–H and O–H groups in total. The predicted octanol–water partition coefficient (Wildman–Crippen LogP) is 2.78. The van der Waals surface area contributed by atoms with Crippen molar-refractivity contribution in [3.8, 4) is 10.6 Å². The molecule has 3 rings (SSSR count). The Bertz CT molecular complexity index is 888. The van der Waals surface area contributed by atoms with Gasteiger partial charge in [-0.15, -0.1) is 11.3 Å². The third-order valence-electron chi connectivity index (χ3n) is 3.63. The fraction of sp³-hybridized carbons (Fsp3) is 0.167. The topological polar surface area (TPSA) is 62.3 Å². The van der Waals surface area contributed by atoms with Gasteiger partial charge in [-0.25, -0.2) is 4.98 Å². The Morgan fingerprint density at radius 3 is 2.67 bits per heavy atom. The van der Waals surface area contributed by atoms with Crippen molar-refractivity contribution in [2.45, 2.75) is 0 Å². The number of thiophene rings is 1. The van der Waals surface area contributed by atoms with Crippen molar-refractivity contribution in [2.24, 2.45) is 0 Å². The molecule has 0 radical (unpaired) electrons. The first kappa shape index (κ1) is 16.1. The number of likely N-dealkylation sites (N-methyl/N-ethyl adjacent to an activating group) is 1. The summed E-state index contributed by atoms with van der Waals surface area (Å²) in [6.07, 6.45) is 0. The Kier molecular flexibility index (Phi) is 4.57. The fourth-order valence-electron chi connectivity index (χ4n) is 2.32. The summed E-state index contributed by atoms with van der Waals surface area (Å²) in [6, 6.07) is 13.2. The number of nitrogens with zero attached hydrogens (tertiary/aromatic N) is 2. The van der Waals surface area contributed by atoms with E-state index in [9.17, 15) is 9.59 Å². The molecule has 2 amide bonds. The number of amides is 2. The second kappa shape index (κ2) is 6.80. The average Bonchev–Trinajstić information content (AvgIpc) is 3.12. The van der Waals surface area contributed by atoms with E-state index in [-0.39, 0.29) is 18.4 Å². The number of carbonyl (C=O) groups excluding carboxylic acids is 2. The molecule has 122 valence electrons. The minimum absolute atomic E-state index is 0.0309. The summed E-state index contributed by atoms with van der Waals surface area (Å²) >= 11 is 1.57. The molecule has 0 aliphatic carbocycles. The van der Waals surface area contributed by atoms with Gasteiger partial charge in [0.1, 0.15) is 0 Å². The van der Waals surface area contributed by atoms with Crippen LogP contribution in [-0.2, 0) is 4.79 Å². The van der Waals surface area contributed by atoms with Gasteiger partial charge in [0.2, 0.25) is 5.91 Å². The van der Waals surface area contributed by atoms with Gasteiger partial charge >= 0.3 is 0 Å². The number of hydrogen-bond donors (Lipinski definition) is 1. The zero-order valence-corrected chi connectivity index (χ0v) is 14.3. The number of carbonyl (C=O) groups is 2. The third kappa shape index (κ3) is 3.28. The number of fused-ring (bicyclic) bond motifs is 1. The summed E-state index contributed by atoms with van der Waals surface area (Å²) in [5.74, 6) is -0.429.